The maximum atomic E-state index is 12.5. The van der Waals surface area contributed by atoms with Crippen molar-refractivity contribution in [3.63, 3.8) is 0 Å². The van der Waals surface area contributed by atoms with Gasteiger partial charge in [0.05, 0.1) is 6.61 Å². The zero-order chi connectivity index (χ0) is 23.6. The molecular formula is C24H31ClN4O4. The number of ether oxygens (including phenoxy) is 2. The standard InChI is InChI=1S/C24H31ClN4O4/c1-3-5-21(30)26-14-16-6-8-19(25)18(12-16)24-28-20(13-22(31)29-24)17-7-9-23(27-15-17)33-11-10-32-4-2/h6-9,12,15,20,24,28H,3-5,10-11,13-14H2,1-2H3,(H,26,30)(H,29,31). The molecule has 0 saturated carbocycles. The van der Waals surface area contributed by atoms with Gasteiger partial charge in [0.25, 0.3) is 0 Å². The van der Waals surface area contributed by atoms with Crippen molar-refractivity contribution in [2.24, 2.45) is 0 Å². The first-order valence-corrected chi connectivity index (χ1v) is 11.6. The lowest BCUT2D eigenvalue weighted by molar-refractivity contribution is -0.124. The van der Waals surface area contributed by atoms with Gasteiger partial charge in [-0.2, -0.15) is 0 Å². The molecule has 1 fully saturated rings. The highest BCUT2D eigenvalue weighted by Gasteiger charge is 2.29. The third-order valence-electron chi connectivity index (χ3n) is 5.24. The van der Waals surface area contributed by atoms with Crippen LogP contribution in [0.3, 0.4) is 0 Å². The third kappa shape index (κ3) is 7.42. The van der Waals surface area contributed by atoms with E-state index in [1.54, 1.807) is 18.3 Å². The molecular weight excluding hydrogens is 444 g/mol. The average molecular weight is 475 g/mol. The summed E-state index contributed by atoms with van der Waals surface area (Å²) in [6.45, 7) is 5.89. The molecule has 2 amide bonds. The smallest absolute Gasteiger partial charge is 0.223 e. The topological polar surface area (TPSA) is 102 Å². The highest BCUT2D eigenvalue weighted by Crippen LogP contribution is 2.30. The normalized spacial score (nSPS) is 18.0. The molecule has 33 heavy (non-hydrogen) atoms. The molecule has 0 radical (unpaired) electrons. The van der Waals surface area contributed by atoms with Crippen LogP contribution < -0.4 is 20.7 Å². The number of hydrogen-bond donors (Lipinski definition) is 3. The Labute approximate surface area is 199 Å². The van der Waals surface area contributed by atoms with Crippen molar-refractivity contribution in [1.82, 2.24) is 20.9 Å². The van der Waals surface area contributed by atoms with E-state index in [1.807, 2.05) is 32.0 Å². The second-order valence-electron chi connectivity index (χ2n) is 7.78. The van der Waals surface area contributed by atoms with Gasteiger partial charge in [0, 0.05) is 54.9 Å². The fraction of sp³-hybridized carbons (Fsp3) is 0.458. The van der Waals surface area contributed by atoms with Crippen LogP contribution in [0.5, 0.6) is 5.88 Å². The summed E-state index contributed by atoms with van der Waals surface area (Å²) in [7, 11) is 0. The first-order chi connectivity index (χ1) is 16.0. The van der Waals surface area contributed by atoms with E-state index >= 15 is 0 Å². The van der Waals surface area contributed by atoms with Crippen LogP contribution >= 0.6 is 11.6 Å². The minimum Gasteiger partial charge on any atom is -0.475 e. The fourth-order valence-electron chi connectivity index (χ4n) is 3.56. The summed E-state index contributed by atoms with van der Waals surface area (Å²) < 4.78 is 10.8. The summed E-state index contributed by atoms with van der Waals surface area (Å²) in [6, 6.07) is 9.02. The number of carbonyl (C=O) groups is 2. The van der Waals surface area contributed by atoms with Gasteiger partial charge in [-0.3, -0.25) is 14.9 Å². The van der Waals surface area contributed by atoms with Crippen LogP contribution in [-0.4, -0.2) is 36.6 Å². The second-order valence-corrected chi connectivity index (χ2v) is 8.19. The minimum absolute atomic E-state index is 0.0102. The maximum absolute atomic E-state index is 12.5. The van der Waals surface area contributed by atoms with Gasteiger partial charge in [0.1, 0.15) is 12.8 Å². The molecule has 0 spiro atoms. The molecule has 2 unspecified atom stereocenters. The predicted octanol–water partition coefficient (Wildman–Crippen LogP) is 3.42. The van der Waals surface area contributed by atoms with Crippen molar-refractivity contribution >= 4 is 23.4 Å². The summed E-state index contributed by atoms with van der Waals surface area (Å²) in [6.07, 6.45) is 2.83. The van der Waals surface area contributed by atoms with Gasteiger partial charge in [-0.05, 0) is 36.6 Å². The molecule has 1 aliphatic rings. The Kier molecular flexibility index (Phi) is 9.47. The molecule has 3 rings (SSSR count). The van der Waals surface area contributed by atoms with E-state index in [0.717, 1.165) is 23.1 Å². The molecule has 2 aromatic rings. The van der Waals surface area contributed by atoms with E-state index in [2.05, 4.69) is 20.9 Å². The van der Waals surface area contributed by atoms with Gasteiger partial charge in [-0.25, -0.2) is 4.98 Å². The SMILES string of the molecule is CCCC(=O)NCc1ccc(Cl)c(C2NC(=O)CC(c3ccc(OCCOCC)nc3)N2)c1. The van der Waals surface area contributed by atoms with Crippen molar-refractivity contribution in [2.75, 3.05) is 19.8 Å². The number of pyridine rings is 1. The van der Waals surface area contributed by atoms with Crippen molar-refractivity contribution in [3.05, 3.63) is 58.2 Å². The number of hydrogen-bond acceptors (Lipinski definition) is 6. The molecule has 2 atom stereocenters. The summed E-state index contributed by atoms with van der Waals surface area (Å²) >= 11 is 6.46. The van der Waals surface area contributed by atoms with Crippen molar-refractivity contribution in [2.45, 2.75) is 51.9 Å². The summed E-state index contributed by atoms with van der Waals surface area (Å²) in [5.74, 6) is 0.436. The van der Waals surface area contributed by atoms with Crippen LogP contribution in [-0.2, 0) is 20.9 Å². The van der Waals surface area contributed by atoms with Gasteiger partial charge in [0.15, 0.2) is 0 Å². The van der Waals surface area contributed by atoms with Crippen molar-refractivity contribution in [1.29, 1.82) is 0 Å². The second kappa shape index (κ2) is 12.5. The van der Waals surface area contributed by atoms with Crippen LogP contribution in [0.1, 0.15) is 62.0 Å². The van der Waals surface area contributed by atoms with Gasteiger partial charge in [-0.15, -0.1) is 0 Å². The molecule has 1 aliphatic heterocycles. The fourth-order valence-corrected chi connectivity index (χ4v) is 3.79. The van der Waals surface area contributed by atoms with Crippen molar-refractivity contribution < 1.29 is 19.1 Å². The number of rotatable bonds is 11. The molecule has 3 N–H and O–H groups in total. The average Bonchev–Trinajstić information content (AvgIpc) is 2.81. The molecule has 9 heteroatoms. The van der Waals surface area contributed by atoms with E-state index in [1.165, 1.54) is 0 Å². The van der Waals surface area contributed by atoms with Crippen molar-refractivity contribution in [3.8, 4) is 5.88 Å². The Bertz CT molecular complexity index is 939. The van der Waals surface area contributed by atoms with E-state index in [4.69, 9.17) is 21.1 Å². The molecule has 1 aromatic heterocycles. The highest BCUT2D eigenvalue weighted by molar-refractivity contribution is 6.31. The van der Waals surface area contributed by atoms with Gasteiger partial charge in [-0.1, -0.05) is 30.7 Å². The first-order valence-electron chi connectivity index (χ1n) is 11.3. The monoisotopic (exact) mass is 474 g/mol. The molecule has 1 saturated heterocycles. The van der Waals surface area contributed by atoms with E-state index in [9.17, 15) is 9.59 Å². The zero-order valence-electron chi connectivity index (χ0n) is 19.0. The summed E-state index contributed by atoms with van der Waals surface area (Å²) in [5.41, 5.74) is 2.54. The van der Waals surface area contributed by atoms with Gasteiger partial charge in [0.2, 0.25) is 17.7 Å². The Hall–Kier alpha value is -2.68. The minimum atomic E-state index is -0.461. The number of amides is 2. The van der Waals surface area contributed by atoms with Crippen LogP contribution in [0.25, 0.3) is 0 Å². The Morgan fingerprint density at radius 2 is 2.09 bits per heavy atom. The lowest BCUT2D eigenvalue weighted by atomic mass is 9.99. The lowest BCUT2D eigenvalue weighted by Crippen LogP contribution is -2.46. The number of carbonyl (C=O) groups excluding carboxylic acids is 2. The van der Waals surface area contributed by atoms with Gasteiger partial charge >= 0.3 is 0 Å². The van der Waals surface area contributed by atoms with Crippen LogP contribution in [0.15, 0.2) is 36.5 Å². The molecule has 8 nitrogen and oxygen atoms in total. The number of halogens is 1. The van der Waals surface area contributed by atoms with Gasteiger partial charge < -0.3 is 20.1 Å². The number of nitrogens with one attached hydrogen (secondary N) is 3. The molecule has 0 aliphatic carbocycles. The Morgan fingerprint density at radius 1 is 1.24 bits per heavy atom. The Morgan fingerprint density at radius 3 is 2.82 bits per heavy atom. The molecule has 178 valence electrons. The largest absolute Gasteiger partial charge is 0.475 e. The molecule has 1 aromatic carbocycles. The van der Waals surface area contributed by atoms with E-state index in [-0.39, 0.29) is 24.3 Å². The quantitative estimate of drug-likeness (QED) is 0.431. The van der Waals surface area contributed by atoms with E-state index in [0.29, 0.717) is 43.7 Å². The van der Waals surface area contributed by atoms with Crippen LogP contribution in [0.2, 0.25) is 5.02 Å². The lowest BCUT2D eigenvalue weighted by Gasteiger charge is -2.32. The number of aromatic nitrogens is 1. The first kappa shape index (κ1) is 25.0. The van der Waals surface area contributed by atoms with Crippen LogP contribution in [0, 0.1) is 0 Å². The predicted molar refractivity (Wildman–Crippen MR) is 126 cm³/mol. The number of nitrogens with zero attached hydrogens (tertiary/aromatic N) is 1. The highest BCUT2D eigenvalue weighted by atomic mass is 35.5. The summed E-state index contributed by atoms with van der Waals surface area (Å²) in [5, 5.41) is 9.84. The maximum Gasteiger partial charge on any atom is 0.223 e. The third-order valence-corrected chi connectivity index (χ3v) is 5.59. The summed E-state index contributed by atoms with van der Waals surface area (Å²) in [4.78, 5) is 28.6. The molecule has 2 heterocycles. The molecule has 0 bridgehead atoms. The zero-order valence-corrected chi connectivity index (χ0v) is 19.8. The number of benzene rings is 1. The Balaban J connectivity index is 1.67. The van der Waals surface area contributed by atoms with E-state index < -0.39 is 6.17 Å². The van der Waals surface area contributed by atoms with Crippen LogP contribution in [0.4, 0.5) is 0 Å².